The highest BCUT2D eigenvalue weighted by Gasteiger charge is 2.26. The first kappa shape index (κ1) is 13.6. The number of aliphatic hydroxyl groups is 1. The summed E-state index contributed by atoms with van der Waals surface area (Å²) in [4.78, 5) is 17.8. The van der Waals surface area contributed by atoms with E-state index in [-0.39, 0.29) is 29.1 Å². The molecule has 0 saturated carbocycles. The van der Waals surface area contributed by atoms with Crippen LogP contribution >= 0.6 is 11.6 Å². The largest absolute Gasteiger partial charge is 0.394 e. The number of anilines is 1. The van der Waals surface area contributed by atoms with Gasteiger partial charge in [-0.1, -0.05) is 0 Å². The Morgan fingerprint density at radius 1 is 1.53 bits per heavy atom. The Kier molecular flexibility index (Phi) is 3.84. The molecule has 1 aromatic heterocycles. The Hall–Kier alpha value is -1.47. The van der Waals surface area contributed by atoms with Crippen LogP contribution < -0.4 is 5.32 Å². The highest BCUT2D eigenvalue weighted by atomic mass is 35.5. The second kappa shape index (κ2) is 4.80. The van der Waals surface area contributed by atoms with Gasteiger partial charge in [-0.15, -0.1) is 0 Å². The van der Waals surface area contributed by atoms with E-state index in [1.807, 2.05) is 0 Å². The second-order valence-electron chi connectivity index (χ2n) is 4.20. The molecule has 0 fully saturated rings. The average Bonchev–Trinajstić information content (AvgIpc) is 2.14. The van der Waals surface area contributed by atoms with Gasteiger partial charge in [-0.25, -0.2) is 4.98 Å². The zero-order valence-corrected chi connectivity index (χ0v) is 10.4. The number of aliphatic hydroxyl groups excluding tert-OH is 1. The van der Waals surface area contributed by atoms with Crippen LogP contribution in [0, 0.1) is 17.0 Å². The van der Waals surface area contributed by atoms with Crippen molar-refractivity contribution in [2.45, 2.75) is 26.3 Å². The van der Waals surface area contributed by atoms with Gasteiger partial charge in [-0.3, -0.25) is 10.1 Å². The van der Waals surface area contributed by atoms with Gasteiger partial charge in [-0.2, -0.15) is 4.98 Å². The maximum Gasteiger partial charge on any atom is 0.332 e. The van der Waals surface area contributed by atoms with Gasteiger partial charge in [0.2, 0.25) is 11.1 Å². The lowest BCUT2D eigenvalue weighted by atomic mass is 10.1. The third-order valence-corrected chi connectivity index (χ3v) is 2.23. The quantitative estimate of drug-likeness (QED) is 0.484. The van der Waals surface area contributed by atoms with Crippen molar-refractivity contribution in [1.29, 1.82) is 0 Å². The van der Waals surface area contributed by atoms with Gasteiger partial charge in [-0.05, 0) is 32.4 Å². The van der Waals surface area contributed by atoms with E-state index in [0.717, 1.165) is 0 Å². The lowest BCUT2D eigenvalue weighted by Gasteiger charge is -2.23. The normalized spacial score (nSPS) is 11.4. The van der Waals surface area contributed by atoms with Crippen LogP contribution in [-0.2, 0) is 0 Å². The fourth-order valence-corrected chi connectivity index (χ4v) is 1.41. The van der Waals surface area contributed by atoms with Crippen LogP contribution in [0.2, 0.25) is 5.28 Å². The van der Waals surface area contributed by atoms with Crippen molar-refractivity contribution in [2.24, 2.45) is 0 Å². The fraction of sp³-hybridized carbons (Fsp3) is 0.556. The maximum absolute atomic E-state index is 10.9. The zero-order chi connectivity index (χ0) is 13.2. The molecule has 0 aromatic carbocycles. The van der Waals surface area contributed by atoms with Crippen LogP contribution in [0.1, 0.15) is 19.5 Å². The molecule has 1 rings (SSSR count). The van der Waals surface area contributed by atoms with E-state index < -0.39 is 10.5 Å². The first-order chi connectivity index (χ1) is 7.76. The van der Waals surface area contributed by atoms with Crippen LogP contribution in [0.4, 0.5) is 11.5 Å². The molecule has 8 heteroatoms. The number of nitrogens with one attached hydrogen (secondary N) is 1. The monoisotopic (exact) mass is 260 g/mol. The van der Waals surface area contributed by atoms with Gasteiger partial charge < -0.3 is 10.4 Å². The molecule has 94 valence electrons. The Labute approximate surface area is 103 Å². The number of aromatic nitrogens is 2. The number of nitrogens with zero attached hydrogens (tertiary/aromatic N) is 3. The number of hydrogen-bond donors (Lipinski definition) is 2. The molecule has 0 radical (unpaired) electrons. The van der Waals surface area contributed by atoms with Gasteiger partial charge in [0, 0.05) is 0 Å². The molecule has 0 bridgehead atoms. The molecular formula is C9H13ClN4O3. The van der Waals surface area contributed by atoms with Crippen LogP contribution in [0.3, 0.4) is 0 Å². The first-order valence-electron chi connectivity index (χ1n) is 4.84. The molecule has 0 aliphatic carbocycles. The van der Waals surface area contributed by atoms with Crippen LogP contribution in [0.15, 0.2) is 0 Å². The van der Waals surface area contributed by atoms with E-state index in [0.29, 0.717) is 0 Å². The highest BCUT2D eigenvalue weighted by molar-refractivity contribution is 6.28. The highest BCUT2D eigenvalue weighted by Crippen LogP contribution is 2.28. The second-order valence-corrected chi connectivity index (χ2v) is 4.54. The van der Waals surface area contributed by atoms with Crippen molar-refractivity contribution in [3.8, 4) is 0 Å². The molecule has 1 heterocycles. The van der Waals surface area contributed by atoms with Gasteiger partial charge in [0.05, 0.1) is 17.1 Å². The van der Waals surface area contributed by atoms with E-state index in [9.17, 15) is 10.1 Å². The third kappa shape index (κ3) is 3.24. The number of aryl methyl sites for hydroxylation is 1. The standard InChI is InChI=1S/C9H13ClN4O3/c1-5-6(14(16)17)7(12-8(10)11-5)13-9(2,3)4-15/h15H,4H2,1-3H3,(H,11,12,13). The molecule has 0 aliphatic heterocycles. The topological polar surface area (TPSA) is 101 Å². The Bertz CT molecular complexity index is 450. The van der Waals surface area contributed by atoms with Crippen LogP contribution in [0.25, 0.3) is 0 Å². The number of hydrogen-bond acceptors (Lipinski definition) is 6. The molecule has 0 unspecified atom stereocenters. The van der Waals surface area contributed by atoms with Gasteiger partial charge in [0.1, 0.15) is 5.69 Å². The lowest BCUT2D eigenvalue weighted by Crippen LogP contribution is -2.35. The molecule has 2 N–H and O–H groups in total. The van der Waals surface area contributed by atoms with Crippen molar-refractivity contribution in [2.75, 3.05) is 11.9 Å². The fourth-order valence-electron chi connectivity index (χ4n) is 1.20. The average molecular weight is 261 g/mol. The van der Waals surface area contributed by atoms with Gasteiger partial charge in [0.25, 0.3) is 0 Å². The molecule has 17 heavy (non-hydrogen) atoms. The zero-order valence-electron chi connectivity index (χ0n) is 9.69. The van der Waals surface area contributed by atoms with Crippen LogP contribution in [-0.4, -0.2) is 32.1 Å². The predicted octanol–water partition coefficient (Wildman–Crippen LogP) is 1.53. The molecule has 0 aliphatic rings. The summed E-state index contributed by atoms with van der Waals surface area (Å²) in [5.41, 5.74) is -0.809. The number of halogens is 1. The van der Waals surface area contributed by atoms with E-state index >= 15 is 0 Å². The van der Waals surface area contributed by atoms with Crippen molar-refractivity contribution in [3.05, 3.63) is 21.1 Å². The summed E-state index contributed by atoms with van der Waals surface area (Å²) in [6, 6.07) is 0. The molecule has 0 saturated heterocycles. The van der Waals surface area contributed by atoms with Gasteiger partial charge >= 0.3 is 5.69 Å². The van der Waals surface area contributed by atoms with Crippen molar-refractivity contribution >= 4 is 23.1 Å². The Balaban J connectivity index is 3.26. The summed E-state index contributed by atoms with van der Waals surface area (Å²) >= 11 is 5.65. The predicted molar refractivity (Wildman–Crippen MR) is 63.2 cm³/mol. The Morgan fingerprint density at radius 2 is 2.12 bits per heavy atom. The van der Waals surface area contributed by atoms with Crippen molar-refractivity contribution < 1.29 is 10.0 Å². The Morgan fingerprint density at radius 3 is 2.59 bits per heavy atom. The minimum Gasteiger partial charge on any atom is -0.394 e. The minimum absolute atomic E-state index is 0.00606. The summed E-state index contributed by atoms with van der Waals surface area (Å²) in [7, 11) is 0. The molecule has 0 amide bonds. The summed E-state index contributed by atoms with van der Waals surface area (Å²) in [6.45, 7) is 4.64. The van der Waals surface area contributed by atoms with E-state index in [1.165, 1.54) is 6.92 Å². The van der Waals surface area contributed by atoms with Crippen LogP contribution in [0.5, 0.6) is 0 Å². The van der Waals surface area contributed by atoms with E-state index in [4.69, 9.17) is 16.7 Å². The van der Waals surface area contributed by atoms with E-state index in [1.54, 1.807) is 13.8 Å². The lowest BCUT2D eigenvalue weighted by molar-refractivity contribution is -0.385. The van der Waals surface area contributed by atoms with Crippen molar-refractivity contribution in [1.82, 2.24) is 9.97 Å². The molecule has 0 spiro atoms. The summed E-state index contributed by atoms with van der Waals surface area (Å²) < 4.78 is 0. The number of rotatable bonds is 4. The van der Waals surface area contributed by atoms with Crippen molar-refractivity contribution in [3.63, 3.8) is 0 Å². The smallest absolute Gasteiger partial charge is 0.332 e. The first-order valence-corrected chi connectivity index (χ1v) is 5.22. The summed E-state index contributed by atoms with van der Waals surface area (Å²) in [6.07, 6.45) is 0. The molecule has 0 atom stereocenters. The minimum atomic E-state index is -0.741. The SMILES string of the molecule is Cc1nc(Cl)nc(NC(C)(C)CO)c1[N+](=O)[O-]. The van der Waals surface area contributed by atoms with Gasteiger partial charge in [0.15, 0.2) is 0 Å². The molecular weight excluding hydrogens is 248 g/mol. The molecule has 7 nitrogen and oxygen atoms in total. The van der Waals surface area contributed by atoms with E-state index in [2.05, 4.69) is 15.3 Å². The maximum atomic E-state index is 10.9. The summed E-state index contributed by atoms with van der Waals surface area (Å²) in [5.74, 6) is 0.00606. The third-order valence-electron chi connectivity index (χ3n) is 2.07. The molecule has 1 aromatic rings. The number of nitro groups is 1. The summed E-state index contributed by atoms with van der Waals surface area (Å²) in [5, 5.41) is 22.7.